The molecule has 3 aromatic carbocycles. The van der Waals surface area contributed by atoms with Gasteiger partial charge in [-0.05, 0) is 56.8 Å². The third-order valence-corrected chi connectivity index (χ3v) is 8.22. The van der Waals surface area contributed by atoms with Gasteiger partial charge in [-0.3, -0.25) is 9.59 Å². The minimum Gasteiger partial charge on any atom is -0.292 e. The summed E-state index contributed by atoms with van der Waals surface area (Å²) in [6, 6.07) is 16.8. The van der Waals surface area contributed by atoms with Crippen LogP contribution in [0, 0.1) is 22.2 Å². The minimum absolute atomic E-state index is 0.362. The number of aliphatic imine (C=N–C) groups is 1. The van der Waals surface area contributed by atoms with Gasteiger partial charge in [0.25, 0.3) is 0 Å². The van der Waals surface area contributed by atoms with Gasteiger partial charge in [0, 0.05) is 17.1 Å². The van der Waals surface area contributed by atoms with E-state index in [4.69, 9.17) is 0 Å². The molecule has 1 saturated carbocycles. The van der Waals surface area contributed by atoms with E-state index in [0.717, 1.165) is 34.9 Å². The lowest BCUT2D eigenvalue weighted by molar-refractivity contribution is -0.114. The molecule has 3 aliphatic carbocycles. The third kappa shape index (κ3) is 3.91. The van der Waals surface area contributed by atoms with Crippen LogP contribution in [-0.2, 0) is 9.59 Å². The summed E-state index contributed by atoms with van der Waals surface area (Å²) in [5.41, 5.74) is 2.04. The van der Waals surface area contributed by atoms with E-state index < -0.39 is 23.5 Å². The van der Waals surface area contributed by atoms with E-state index >= 15 is 4.39 Å². The first-order valence-electron chi connectivity index (χ1n) is 13.0. The number of fused-ring (bicyclic) bond motifs is 4. The molecule has 5 heteroatoms. The number of halogens is 1. The van der Waals surface area contributed by atoms with Crippen LogP contribution in [-0.4, -0.2) is 23.7 Å². The fraction of sp³-hybridized carbons (Fsp3) is 0.281. The van der Waals surface area contributed by atoms with Crippen LogP contribution in [0.3, 0.4) is 0 Å². The highest BCUT2D eigenvalue weighted by molar-refractivity contribution is 6.32. The molecule has 4 nitrogen and oxygen atoms in total. The molecule has 6 rings (SSSR count). The maximum absolute atomic E-state index is 15.2. The number of hydrogen-bond acceptors (Lipinski definition) is 4. The molecule has 1 fully saturated rings. The predicted molar refractivity (Wildman–Crippen MR) is 138 cm³/mol. The Balaban J connectivity index is 1.69. The third-order valence-electron chi connectivity index (χ3n) is 8.22. The van der Waals surface area contributed by atoms with Crippen LogP contribution < -0.4 is 10.4 Å². The van der Waals surface area contributed by atoms with Gasteiger partial charge >= 0.3 is 0 Å². The Morgan fingerprint density at radius 1 is 0.865 bits per heavy atom. The highest BCUT2D eigenvalue weighted by Crippen LogP contribution is 2.36. The zero-order valence-electron chi connectivity index (χ0n) is 20.4. The first-order chi connectivity index (χ1) is 18.1. The molecule has 0 aromatic heterocycles. The molecule has 0 N–H and O–H groups in total. The van der Waals surface area contributed by atoms with Crippen LogP contribution >= 0.6 is 0 Å². The lowest BCUT2D eigenvalue weighted by Gasteiger charge is -2.27. The highest BCUT2D eigenvalue weighted by atomic mass is 19.1. The number of hydrogen-bond donors (Lipinski definition) is 0. The van der Waals surface area contributed by atoms with Gasteiger partial charge in [0.15, 0.2) is 17.6 Å². The summed E-state index contributed by atoms with van der Waals surface area (Å²) in [4.78, 5) is 42.3. The SMILES string of the molecule is O=C=NC1C(=O)C(CCC2CCCC2)=c2ccc3c(c2C1=O)C(c1ccccc1F)C=c1ccccc1=3. The summed E-state index contributed by atoms with van der Waals surface area (Å²) in [6.45, 7) is 0. The largest absolute Gasteiger partial charge is 0.292 e. The fourth-order valence-electron chi connectivity index (χ4n) is 6.45. The van der Waals surface area contributed by atoms with Crippen LogP contribution in [0.15, 0.2) is 65.7 Å². The molecule has 2 unspecified atom stereocenters. The maximum Gasteiger partial charge on any atom is 0.236 e. The van der Waals surface area contributed by atoms with Gasteiger partial charge in [-0.1, -0.05) is 86.4 Å². The molecule has 0 bridgehead atoms. The number of carbonyl (C=O) groups is 2. The first-order valence-corrected chi connectivity index (χ1v) is 13.0. The number of isocyanates is 1. The van der Waals surface area contributed by atoms with E-state index in [2.05, 4.69) is 4.99 Å². The fourth-order valence-corrected chi connectivity index (χ4v) is 6.45. The zero-order chi connectivity index (χ0) is 25.5. The van der Waals surface area contributed by atoms with Gasteiger partial charge in [0.2, 0.25) is 6.08 Å². The van der Waals surface area contributed by atoms with Crippen molar-refractivity contribution in [2.24, 2.45) is 10.9 Å². The Morgan fingerprint density at radius 3 is 2.38 bits per heavy atom. The molecule has 0 spiro atoms. The van der Waals surface area contributed by atoms with Crippen molar-refractivity contribution in [3.8, 4) is 0 Å². The Bertz CT molecular complexity index is 1710. The van der Waals surface area contributed by atoms with Crippen LogP contribution in [0.2, 0.25) is 0 Å². The van der Waals surface area contributed by atoms with Crippen molar-refractivity contribution in [2.75, 3.05) is 0 Å². The Labute approximate surface area is 213 Å². The molecule has 37 heavy (non-hydrogen) atoms. The molecule has 0 radical (unpaired) electrons. The second kappa shape index (κ2) is 9.49. The smallest absolute Gasteiger partial charge is 0.236 e. The van der Waals surface area contributed by atoms with E-state index in [1.165, 1.54) is 25.0 Å². The van der Waals surface area contributed by atoms with Crippen molar-refractivity contribution in [2.45, 2.75) is 50.5 Å². The number of ketones is 2. The van der Waals surface area contributed by atoms with Crippen molar-refractivity contribution in [1.82, 2.24) is 0 Å². The van der Waals surface area contributed by atoms with Gasteiger partial charge in [0.1, 0.15) is 5.82 Å². The zero-order valence-corrected chi connectivity index (χ0v) is 20.4. The van der Waals surface area contributed by atoms with Crippen molar-refractivity contribution in [3.05, 3.63) is 104 Å². The molecule has 2 atom stereocenters. The van der Waals surface area contributed by atoms with Crippen LogP contribution in [0.1, 0.15) is 65.9 Å². The Morgan fingerprint density at radius 2 is 1.59 bits per heavy atom. The van der Waals surface area contributed by atoms with E-state index in [9.17, 15) is 14.4 Å². The number of rotatable bonds is 5. The van der Waals surface area contributed by atoms with Crippen LogP contribution in [0.5, 0.6) is 0 Å². The van der Waals surface area contributed by atoms with Gasteiger partial charge in [-0.15, -0.1) is 0 Å². The maximum atomic E-state index is 15.2. The van der Waals surface area contributed by atoms with Crippen molar-refractivity contribution in [3.63, 3.8) is 0 Å². The minimum atomic E-state index is -1.44. The van der Waals surface area contributed by atoms with E-state index in [1.54, 1.807) is 18.2 Å². The topological polar surface area (TPSA) is 63.6 Å². The summed E-state index contributed by atoms with van der Waals surface area (Å²) < 4.78 is 15.2. The standard InChI is InChI=1S/C32H26FNO3/c33-27-12-6-5-11-22(27)26-17-20-9-3-4-10-21(20)23-15-16-24-25(14-13-19-7-1-2-8-19)31(36)30(34-18-35)32(37)29(24)28(23)26/h3-6,9-12,15-17,19,26,30H,1-2,7-8,13-14H2. The van der Waals surface area contributed by atoms with E-state index in [0.29, 0.717) is 39.8 Å². The number of Topliss-reactive ketones (excluding diaryl/α,β-unsaturated/α-hetero) is 2. The molecule has 0 amide bonds. The van der Waals surface area contributed by atoms with Crippen molar-refractivity contribution >= 4 is 29.3 Å². The monoisotopic (exact) mass is 491 g/mol. The van der Waals surface area contributed by atoms with E-state index in [-0.39, 0.29) is 5.82 Å². The second-order valence-corrected chi connectivity index (χ2v) is 10.2. The van der Waals surface area contributed by atoms with Gasteiger partial charge < -0.3 is 0 Å². The predicted octanol–water partition coefficient (Wildman–Crippen LogP) is 4.63. The summed E-state index contributed by atoms with van der Waals surface area (Å²) in [7, 11) is 0. The molecule has 3 aromatic rings. The normalized spacial score (nSPS) is 20.5. The van der Waals surface area contributed by atoms with Crippen LogP contribution in [0.25, 0.3) is 11.6 Å². The van der Waals surface area contributed by atoms with Crippen molar-refractivity contribution in [1.29, 1.82) is 0 Å². The first kappa shape index (κ1) is 23.4. The second-order valence-electron chi connectivity index (χ2n) is 10.2. The lowest BCUT2D eigenvalue weighted by atomic mass is 9.76. The summed E-state index contributed by atoms with van der Waals surface area (Å²) >= 11 is 0. The average Bonchev–Trinajstić information content (AvgIpc) is 3.44. The quantitative estimate of drug-likeness (QED) is 0.297. The molecular weight excluding hydrogens is 465 g/mol. The van der Waals surface area contributed by atoms with E-state index in [1.807, 2.05) is 42.5 Å². The molecular formula is C32H26FNO3. The Kier molecular flexibility index (Phi) is 6.02. The number of benzene rings is 3. The molecule has 0 aliphatic heterocycles. The number of nitrogens with zero attached hydrogens (tertiary/aromatic N) is 1. The van der Waals surface area contributed by atoms with Gasteiger partial charge in [-0.2, -0.15) is 4.99 Å². The summed E-state index contributed by atoms with van der Waals surface area (Å²) in [5.74, 6) is -1.27. The summed E-state index contributed by atoms with van der Waals surface area (Å²) in [6.07, 6.45) is 9.51. The Hall–Kier alpha value is -3.95. The molecule has 184 valence electrons. The average molecular weight is 492 g/mol. The van der Waals surface area contributed by atoms with Crippen molar-refractivity contribution < 1.29 is 18.8 Å². The van der Waals surface area contributed by atoms with Gasteiger partial charge in [0.05, 0.1) is 0 Å². The van der Waals surface area contributed by atoms with Gasteiger partial charge in [-0.25, -0.2) is 9.18 Å². The molecule has 0 heterocycles. The van der Waals surface area contributed by atoms with Crippen LogP contribution in [0.4, 0.5) is 4.39 Å². The molecule has 3 aliphatic rings. The number of carbonyl (C=O) groups excluding carboxylic acids is 3. The molecule has 0 saturated heterocycles. The highest BCUT2D eigenvalue weighted by Gasteiger charge is 2.39. The summed E-state index contributed by atoms with van der Waals surface area (Å²) in [5, 5.41) is 3.32. The lowest BCUT2D eigenvalue weighted by Crippen LogP contribution is -2.42.